The lowest BCUT2D eigenvalue weighted by Gasteiger charge is -2.16. The molecule has 0 aliphatic carbocycles. The Hall–Kier alpha value is -2.28. The highest BCUT2D eigenvalue weighted by molar-refractivity contribution is 5.76. The number of hydrogen-bond donors (Lipinski definition) is 1. The zero-order chi connectivity index (χ0) is 16.1. The van der Waals surface area contributed by atoms with Crippen LogP contribution in [0.2, 0.25) is 0 Å². The highest BCUT2D eigenvalue weighted by Gasteiger charge is 2.33. The first-order valence-corrected chi connectivity index (χ1v) is 7.89. The van der Waals surface area contributed by atoms with E-state index in [-0.39, 0.29) is 11.8 Å². The lowest BCUT2D eigenvalue weighted by molar-refractivity contribution is -0.130. The second-order valence-corrected chi connectivity index (χ2v) is 5.95. The van der Waals surface area contributed by atoms with Crippen molar-refractivity contribution in [3.05, 3.63) is 42.7 Å². The van der Waals surface area contributed by atoms with Gasteiger partial charge in [0.05, 0.1) is 6.10 Å². The summed E-state index contributed by atoms with van der Waals surface area (Å²) in [5.74, 6) is 0.193. The highest BCUT2D eigenvalue weighted by atomic mass is 16.3. The van der Waals surface area contributed by atoms with Gasteiger partial charge in [-0.3, -0.25) is 14.5 Å². The number of nitrogens with zero attached hydrogens (tertiary/aromatic N) is 5. The van der Waals surface area contributed by atoms with Gasteiger partial charge in [0.25, 0.3) is 0 Å². The van der Waals surface area contributed by atoms with Gasteiger partial charge in [0, 0.05) is 44.4 Å². The van der Waals surface area contributed by atoms with E-state index >= 15 is 0 Å². The molecule has 1 aliphatic rings. The summed E-state index contributed by atoms with van der Waals surface area (Å²) in [4.78, 5) is 21.9. The zero-order valence-electron chi connectivity index (χ0n) is 13.0. The molecule has 3 heterocycles. The van der Waals surface area contributed by atoms with Gasteiger partial charge in [-0.15, -0.1) is 0 Å². The number of carbonyl (C=O) groups excluding carboxylic acids is 1. The van der Waals surface area contributed by atoms with Crippen molar-refractivity contribution in [3.63, 3.8) is 0 Å². The molecule has 7 nitrogen and oxygen atoms in total. The first-order valence-electron chi connectivity index (χ1n) is 7.89. The van der Waals surface area contributed by atoms with E-state index < -0.39 is 6.10 Å². The molecule has 2 aromatic rings. The van der Waals surface area contributed by atoms with Gasteiger partial charge in [0.15, 0.2) is 0 Å². The van der Waals surface area contributed by atoms with E-state index in [2.05, 4.69) is 15.1 Å². The number of pyridine rings is 1. The summed E-state index contributed by atoms with van der Waals surface area (Å²) in [6.45, 7) is 1.73. The van der Waals surface area contributed by atoms with Crippen LogP contribution in [0, 0.1) is 5.92 Å². The Kier molecular flexibility index (Phi) is 4.97. The number of rotatable bonds is 6. The van der Waals surface area contributed by atoms with Crippen molar-refractivity contribution in [1.29, 1.82) is 0 Å². The molecule has 1 aliphatic heterocycles. The van der Waals surface area contributed by atoms with Crippen molar-refractivity contribution in [2.45, 2.75) is 31.9 Å². The zero-order valence-corrected chi connectivity index (χ0v) is 13.0. The third-order valence-electron chi connectivity index (χ3n) is 4.25. The van der Waals surface area contributed by atoms with E-state index in [0.717, 1.165) is 18.4 Å². The molecule has 1 saturated heterocycles. The number of aryl methyl sites for hydroxylation is 1. The maximum Gasteiger partial charge on any atom is 0.222 e. The molecule has 0 unspecified atom stereocenters. The largest absolute Gasteiger partial charge is 0.391 e. The fourth-order valence-corrected chi connectivity index (χ4v) is 2.98. The average Bonchev–Trinajstić information content (AvgIpc) is 3.19. The maximum absolute atomic E-state index is 12.3. The summed E-state index contributed by atoms with van der Waals surface area (Å²) in [5.41, 5.74) is 1.14. The van der Waals surface area contributed by atoms with Crippen molar-refractivity contribution >= 4 is 5.91 Å². The van der Waals surface area contributed by atoms with Crippen LogP contribution < -0.4 is 0 Å². The molecular formula is C16H21N5O2. The van der Waals surface area contributed by atoms with Crippen molar-refractivity contribution in [3.8, 4) is 0 Å². The monoisotopic (exact) mass is 315 g/mol. The van der Waals surface area contributed by atoms with Gasteiger partial charge in [-0.2, -0.15) is 5.10 Å². The number of hydrogen-bond acceptors (Lipinski definition) is 5. The van der Waals surface area contributed by atoms with Crippen LogP contribution in [0.3, 0.4) is 0 Å². The lowest BCUT2D eigenvalue weighted by Crippen LogP contribution is -2.29. The second-order valence-electron chi connectivity index (χ2n) is 5.95. The summed E-state index contributed by atoms with van der Waals surface area (Å²) in [6.07, 6.45) is 8.15. The number of aliphatic hydroxyl groups is 1. The minimum absolute atomic E-state index is 0.0941. The van der Waals surface area contributed by atoms with Crippen LogP contribution in [-0.2, 0) is 17.8 Å². The van der Waals surface area contributed by atoms with Crippen LogP contribution in [0.4, 0.5) is 0 Å². The number of amides is 1. The molecule has 0 bridgehead atoms. The number of likely N-dealkylation sites (tertiary alicyclic amines) is 1. The molecule has 2 atom stereocenters. The van der Waals surface area contributed by atoms with E-state index in [1.165, 1.54) is 6.33 Å². The van der Waals surface area contributed by atoms with Gasteiger partial charge >= 0.3 is 0 Å². The van der Waals surface area contributed by atoms with Crippen molar-refractivity contribution in [1.82, 2.24) is 24.6 Å². The second kappa shape index (κ2) is 7.32. The fourth-order valence-electron chi connectivity index (χ4n) is 2.98. The number of carbonyl (C=O) groups is 1. The molecule has 1 N–H and O–H groups in total. The summed E-state index contributed by atoms with van der Waals surface area (Å²) >= 11 is 0. The van der Waals surface area contributed by atoms with E-state index in [1.54, 1.807) is 28.3 Å². The Balaban J connectivity index is 1.46. The molecule has 2 aromatic heterocycles. The average molecular weight is 315 g/mol. The van der Waals surface area contributed by atoms with Gasteiger partial charge in [0.1, 0.15) is 12.7 Å². The van der Waals surface area contributed by atoms with Crippen LogP contribution in [-0.4, -0.2) is 54.9 Å². The Morgan fingerprint density at radius 2 is 2.09 bits per heavy atom. The number of β-amino-alcohol motifs (C(OH)–C–C–N with tert-alkyl or cyclic N) is 1. The Morgan fingerprint density at radius 3 is 2.83 bits per heavy atom. The molecule has 1 fully saturated rings. The summed E-state index contributed by atoms with van der Waals surface area (Å²) in [5, 5.41) is 14.2. The highest BCUT2D eigenvalue weighted by Crippen LogP contribution is 2.22. The third-order valence-corrected chi connectivity index (χ3v) is 4.25. The third kappa shape index (κ3) is 4.13. The Morgan fingerprint density at radius 1 is 1.26 bits per heavy atom. The Bertz CT molecular complexity index is 617. The van der Waals surface area contributed by atoms with Crippen LogP contribution >= 0.6 is 0 Å². The quantitative estimate of drug-likeness (QED) is 0.840. The first-order chi connectivity index (χ1) is 11.2. The molecule has 0 saturated carbocycles. The van der Waals surface area contributed by atoms with Crippen LogP contribution in [0.15, 0.2) is 37.2 Å². The lowest BCUT2D eigenvalue weighted by atomic mass is 9.97. The predicted molar refractivity (Wildman–Crippen MR) is 83.3 cm³/mol. The molecule has 0 spiro atoms. The molecule has 7 heteroatoms. The Labute approximate surface area is 135 Å². The molecule has 3 rings (SSSR count). The van der Waals surface area contributed by atoms with Gasteiger partial charge in [0.2, 0.25) is 5.91 Å². The fraction of sp³-hybridized carbons (Fsp3) is 0.500. The summed E-state index contributed by atoms with van der Waals surface area (Å²) in [6, 6.07) is 3.91. The van der Waals surface area contributed by atoms with Gasteiger partial charge < -0.3 is 10.0 Å². The standard InChI is InChI=1S/C16H21N5O2/c22-15-10-20(9-14(15)8-13-3-5-17-6-4-13)16(23)2-1-7-21-12-18-11-19-21/h3-6,11-12,14-15,22H,1-2,7-10H2/t14-,15-/m1/s1. The predicted octanol–water partition coefficient (Wildman–Crippen LogP) is 0.515. The van der Waals surface area contributed by atoms with Gasteiger partial charge in [-0.1, -0.05) is 0 Å². The number of aromatic nitrogens is 4. The van der Waals surface area contributed by atoms with Crippen molar-refractivity contribution < 1.29 is 9.90 Å². The van der Waals surface area contributed by atoms with E-state index in [0.29, 0.717) is 26.1 Å². The van der Waals surface area contributed by atoms with E-state index in [1.807, 2.05) is 12.1 Å². The van der Waals surface area contributed by atoms with Crippen LogP contribution in [0.25, 0.3) is 0 Å². The smallest absolute Gasteiger partial charge is 0.222 e. The molecule has 1 amide bonds. The number of aliphatic hydroxyl groups excluding tert-OH is 1. The SMILES string of the molecule is O=C(CCCn1cncn1)N1C[C@@H](Cc2ccncc2)[C@H](O)C1. The minimum Gasteiger partial charge on any atom is -0.391 e. The van der Waals surface area contributed by atoms with Gasteiger partial charge in [-0.05, 0) is 30.5 Å². The molecule has 23 heavy (non-hydrogen) atoms. The normalized spacial score (nSPS) is 20.8. The van der Waals surface area contributed by atoms with E-state index in [4.69, 9.17) is 0 Å². The van der Waals surface area contributed by atoms with Gasteiger partial charge in [-0.25, -0.2) is 4.98 Å². The van der Waals surface area contributed by atoms with Crippen LogP contribution in [0.1, 0.15) is 18.4 Å². The maximum atomic E-state index is 12.3. The summed E-state index contributed by atoms with van der Waals surface area (Å²) < 4.78 is 1.72. The molecular weight excluding hydrogens is 294 g/mol. The van der Waals surface area contributed by atoms with Crippen molar-refractivity contribution in [2.24, 2.45) is 5.92 Å². The minimum atomic E-state index is -0.456. The molecule has 0 radical (unpaired) electrons. The van der Waals surface area contributed by atoms with E-state index in [9.17, 15) is 9.90 Å². The van der Waals surface area contributed by atoms with Crippen LogP contribution in [0.5, 0.6) is 0 Å². The topological polar surface area (TPSA) is 84.1 Å². The van der Waals surface area contributed by atoms with Crippen molar-refractivity contribution in [2.75, 3.05) is 13.1 Å². The molecule has 122 valence electrons. The summed E-state index contributed by atoms with van der Waals surface area (Å²) in [7, 11) is 0. The first kappa shape index (κ1) is 15.6. The molecule has 0 aromatic carbocycles.